The number of aryl methyl sites for hydroxylation is 3. The fourth-order valence-electron chi connectivity index (χ4n) is 6.10. The van der Waals surface area contributed by atoms with Crippen molar-refractivity contribution in [2.24, 2.45) is 7.05 Å². The van der Waals surface area contributed by atoms with Crippen LogP contribution in [0.4, 0.5) is 4.39 Å². The summed E-state index contributed by atoms with van der Waals surface area (Å²) in [6.07, 6.45) is 5.19. The summed E-state index contributed by atoms with van der Waals surface area (Å²) in [6, 6.07) is 13.5. The minimum Gasteiger partial charge on any atom is -0.492 e. The van der Waals surface area contributed by atoms with Crippen molar-refractivity contribution in [1.82, 2.24) is 9.78 Å². The van der Waals surface area contributed by atoms with Crippen LogP contribution in [0.2, 0.25) is 0 Å². The van der Waals surface area contributed by atoms with Gasteiger partial charge in [0.15, 0.2) is 0 Å². The minimum absolute atomic E-state index is 0.0373. The van der Waals surface area contributed by atoms with Gasteiger partial charge >= 0.3 is 5.97 Å². The van der Waals surface area contributed by atoms with Crippen LogP contribution < -0.4 is 9.47 Å². The predicted octanol–water partition coefficient (Wildman–Crippen LogP) is 6.62. The normalized spacial score (nSPS) is 17.5. The Balaban J connectivity index is 1.29. The van der Waals surface area contributed by atoms with E-state index in [4.69, 9.17) is 14.2 Å². The molecule has 0 radical (unpaired) electrons. The average Bonchev–Trinajstić information content (AvgIpc) is 3.64. The third-order valence-corrected chi connectivity index (χ3v) is 7.91. The van der Waals surface area contributed by atoms with Crippen molar-refractivity contribution in [2.75, 3.05) is 13.7 Å². The highest BCUT2D eigenvalue weighted by Gasteiger charge is 2.32. The van der Waals surface area contributed by atoms with Crippen LogP contribution >= 0.6 is 0 Å². The summed E-state index contributed by atoms with van der Waals surface area (Å²) < 4.78 is 34.1. The second kappa shape index (κ2) is 9.88. The number of carbonyl (C=O) groups excluding carboxylic acids is 1. The molecular weight excluding hydrogens is 495 g/mol. The van der Waals surface area contributed by atoms with Gasteiger partial charge in [-0.3, -0.25) is 9.48 Å². The van der Waals surface area contributed by atoms with Gasteiger partial charge in [-0.25, -0.2) is 4.39 Å². The van der Waals surface area contributed by atoms with Gasteiger partial charge in [0.2, 0.25) is 0 Å². The predicted molar refractivity (Wildman–Crippen MR) is 147 cm³/mol. The van der Waals surface area contributed by atoms with Gasteiger partial charge in [-0.05, 0) is 72.2 Å². The first-order valence-electron chi connectivity index (χ1n) is 13.2. The van der Waals surface area contributed by atoms with Crippen molar-refractivity contribution in [3.05, 3.63) is 88.5 Å². The van der Waals surface area contributed by atoms with Crippen LogP contribution in [0.5, 0.6) is 11.5 Å². The van der Waals surface area contributed by atoms with E-state index in [1.165, 1.54) is 7.11 Å². The van der Waals surface area contributed by atoms with E-state index in [-0.39, 0.29) is 30.2 Å². The van der Waals surface area contributed by atoms with Crippen LogP contribution in [0, 0.1) is 19.7 Å². The fourth-order valence-corrected chi connectivity index (χ4v) is 6.10. The Morgan fingerprint density at radius 3 is 2.64 bits per heavy atom. The number of aromatic nitrogens is 2. The lowest BCUT2D eigenvalue weighted by molar-refractivity contribution is -0.141. The Morgan fingerprint density at radius 1 is 1.13 bits per heavy atom. The smallest absolute Gasteiger partial charge is 0.306 e. The number of ether oxygens (including phenoxy) is 3. The van der Waals surface area contributed by atoms with Gasteiger partial charge in [-0.2, -0.15) is 5.10 Å². The van der Waals surface area contributed by atoms with E-state index >= 15 is 4.39 Å². The SMILES string of the molecule is COC(=O)CC1COc2cc(O[C@@H]3CCc4c(-c5c(C)cc(-c6cnn(C)c6)cc5C)ccc(F)c43)ccc21. The topological polar surface area (TPSA) is 62.6 Å². The highest BCUT2D eigenvalue weighted by atomic mass is 19.1. The van der Waals surface area contributed by atoms with Gasteiger partial charge < -0.3 is 14.2 Å². The number of carbonyl (C=O) groups is 1. The summed E-state index contributed by atoms with van der Waals surface area (Å²) in [7, 11) is 3.30. The maximum atomic E-state index is 15.3. The monoisotopic (exact) mass is 526 g/mol. The second-order valence-corrected chi connectivity index (χ2v) is 10.5. The first-order valence-corrected chi connectivity index (χ1v) is 13.2. The summed E-state index contributed by atoms with van der Waals surface area (Å²) in [5.41, 5.74) is 9.29. The molecule has 2 atom stereocenters. The molecule has 1 aliphatic heterocycles. The Bertz CT molecular complexity index is 1570. The molecular formula is C32H31FN2O4. The molecule has 6 nitrogen and oxygen atoms in total. The molecule has 4 aromatic rings. The lowest BCUT2D eigenvalue weighted by Crippen LogP contribution is -2.09. The fraction of sp³-hybridized carbons (Fsp3) is 0.312. The van der Waals surface area contributed by atoms with Crippen LogP contribution in [-0.2, 0) is 23.0 Å². The molecule has 7 heteroatoms. The second-order valence-electron chi connectivity index (χ2n) is 10.5. The number of esters is 1. The zero-order valence-corrected chi connectivity index (χ0v) is 22.6. The van der Waals surface area contributed by atoms with Crippen molar-refractivity contribution in [2.45, 2.75) is 45.1 Å². The lowest BCUT2D eigenvalue weighted by Gasteiger charge is -2.19. The van der Waals surface area contributed by atoms with Crippen molar-refractivity contribution >= 4 is 5.97 Å². The molecule has 0 fully saturated rings. The molecule has 1 unspecified atom stereocenters. The van der Waals surface area contributed by atoms with Gasteiger partial charge in [-0.1, -0.05) is 24.3 Å². The summed E-state index contributed by atoms with van der Waals surface area (Å²) in [5.74, 6) is 0.790. The van der Waals surface area contributed by atoms with Crippen molar-refractivity contribution < 1.29 is 23.4 Å². The first kappa shape index (κ1) is 25.2. The van der Waals surface area contributed by atoms with E-state index in [1.54, 1.807) is 10.7 Å². The number of benzene rings is 3. The van der Waals surface area contributed by atoms with E-state index in [0.29, 0.717) is 30.1 Å². The maximum Gasteiger partial charge on any atom is 0.306 e. The van der Waals surface area contributed by atoms with Gasteiger partial charge in [0.1, 0.15) is 23.4 Å². The number of nitrogens with zero attached hydrogens (tertiary/aromatic N) is 2. The highest BCUT2D eigenvalue weighted by molar-refractivity contribution is 5.79. The third-order valence-electron chi connectivity index (χ3n) is 7.91. The van der Waals surface area contributed by atoms with Crippen LogP contribution in [0.1, 0.15) is 52.7 Å². The van der Waals surface area contributed by atoms with Crippen LogP contribution in [0.15, 0.2) is 54.9 Å². The van der Waals surface area contributed by atoms with Crippen molar-refractivity contribution in [1.29, 1.82) is 0 Å². The minimum atomic E-state index is -0.388. The molecule has 2 aliphatic rings. The molecule has 0 spiro atoms. The van der Waals surface area contributed by atoms with Gasteiger partial charge in [0.05, 0.1) is 26.3 Å². The molecule has 0 bridgehead atoms. The van der Waals surface area contributed by atoms with E-state index < -0.39 is 0 Å². The first-order chi connectivity index (χ1) is 18.8. The largest absolute Gasteiger partial charge is 0.492 e. The maximum absolute atomic E-state index is 15.3. The Kier molecular flexibility index (Phi) is 6.37. The Labute approximate surface area is 227 Å². The Hall–Kier alpha value is -4.13. The zero-order valence-electron chi connectivity index (χ0n) is 22.6. The number of hydrogen-bond donors (Lipinski definition) is 0. The van der Waals surface area contributed by atoms with Crippen LogP contribution in [0.25, 0.3) is 22.3 Å². The quantitative estimate of drug-likeness (QED) is 0.265. The van der Waals surface area contributed by atoms with Gasteiger partial charge in [0, 0.05) is 41.9 Å². The molecule has 39 heavy (non-hydrogen) atoms. The number of rotatable bonds is 6. The van der Waals surface area contributed by atoms with Crippen LogP contribution in [-0.4, -0.2) is 29.5 Å². The average molecular weight is 527 g/mol. The number of hydrogen-bond acceptors (Lipinski definition) is 5. The molecule has 1 aromatic heterocycles. The van der Waals surface area contributed by atoms with E-state index in [0.717, 1.165) is 50.9 Å². The summed E-state index contributed by atoms with van der Waals surface area (Å²) in [6.45, 7) is 4.65. The van der Waals surface area contributed by atoms with E-state index in [1.807, 2.05) is 43.7 Å². The summed E-state index contributed by atoms with van der Waals surface area (Å²) in [5, 5.41) is 4.30. The molecule has 3 aromatic carbocycles. The van der Waals surface area contributed by atoms with Gasteiger partial charge in [0.25, 0.3) is 0 Å². The number of halogens is 1. The summed E-state index contributed by atoms with van der Waals surface area (Å²) in [4.78, 5) is 11.7. The summed E-state index contributed by atoms with van der Waals surface area (Å²) >= 11 is 0. The zero-order chi connectivity index (χ0) is 27.3. The van der Waals surface area contributed by atoms with E-state index in [2.05, 4.69) is 31.1 Å². The molecule has 200 valence electrons. The highest BCUT2D eigenvalue weighted by Crippen LogP contribution is 2.45. The number of methoxy groups -OCH3 is 1. The molecule has 0 amide bonds. The lowest BCUT2D eigenvalue weighted by atomic mass is 9.88. The van der Waals surface area contributed by atoms with Crippen molar-refractivity contribution in [3.8, 4) is 33.8 Å². The standard InChI is InChI=1S/C32H31FN2O4/c1-18-11-20(22-15-34-35(3)16-22)12-19(2)31(18)25-7-9-27(33)32-26(25)8-10-28(32)39-23-5-6-24-21(13-30(36)37-4)17-38-29(24)14-23/h5-7,9,11-12,14-16,21,28H,8,10,13,17H2,1-4H3/t21?,28-/m1/s1. The number of fused-ring (bicyclic) bond motifs is 2. The van der Waals surface area contributed by atoms with Gasteiger partial charge in [-0.15, -0.1) is 0 Å². The molecule has 2 heterocycles. The molecule has 0 N–H and O–H groups in total. The molecule has 1 aliphatic carbocycles. The Morgan fingerprint density at radius 2 is 1.92 bits per heavy atom. The molecule has 0 saturated heterocycles. The van der Waals surface area contributed by atoms with Crippen molar-refractivity contribution in [3.63, 3.8) is 0 Å². The van der Waals surface area contributed by atoms with Crippen LogP contribution in [0.3, 0.4) is 0 Å². The third kappa shape index (κ3) is 4.56. The molecule has 6 rings (SSSR count). The van der Waals surface area contributed by atoms with E-state index in [9.17, 15) is 4.79 Å². The molecule has 0 saturated carbocycles.